The maximum atomic E-state index is 3.53. The molecule has 2 fully saturated rings. The molecule has 3 nitrogen and oxygen atoms in total. The number of hydrogen-bond donors (Lipinski definition) is 3. The summed E-state index contributed by atoms with van der Waals surface area (Å²) < 4.78 is 0. The lowest BCUT2D eigenvalue weighted by atomic mass is 9.84. The van der Waals surface area contributed by atoms with E-state index >= 15 is 0 Å². The Bertz CT molecular complexity index is 121. The molecule has 2 aliphatic heterocycles. The van der Waals surface area contributed by atoms with Crippen LogP contribution in [0.3, 0.4) is 0 Å². The highest BCUT2D eigenvalue weighted by atomic mass is 15.1. The Hall–Kier alpha value is -0.120. The van der Waals surface area contributed by atoms with Crippen molar-refractivity contribution in [2.75, 3.05) is 32.7 Å². The van der Waals surface area contributed by atoms with Crippen molar-refractivity contribution >= 4 is 0 Å². The molecule has 2 heterocycles. The van der Waals surface area contributed by atoms with Crippen LogP contribution in [0, 0.1) is 0 Å². The Balaban J connectivity index is 1.86. The van der Waals surface area contributed by atoms with Gasteiger partial charge < -0.3 is 16.0 Å². The van der Waals surface area contributed by atoms with Gasteiger partial charge in [0.05, 0.1) is 0 Å². The quantitative estimate of drug-likeness (QED) is 0.433. The monoisotopic (exact) mass is 155 g/mol. The minimum Gasteiger partial charge on any atom is -0.315 e. The smallest absolute Gasteiger partial charge is 0.0330 e. The molecular formula is C8H17N3. The zero-order valence-corrected chi connectivity index (χ0v) is 6.95. The average molecular weight is 155 g/mol. The average Bonchev–Trinajstić information content (AvgIpc) is 1.82. The topological polar surface area (TPSA) is 36.1 Å². The predicted molar refractivity (Wildman–Crippen MR) is 45.7 cm³/mol. The summed E-state index contributed by atoms with van der Waals surface area (Å²) in [7, 11) is 0. The van der Waals surface area contributed by atoms with Crippen LogP contribution in [0.25, 0.3) is 0 Å². The van der Waals surface area contributed by atoms with E-state index in [2.05, 4.69) is 16.0 Å². The molecule has 1 spiro atoms. The molecule has 3 N–H and O–H groups in total. The highest BCUT2D eigenvalue weighted by Gasteiger charge is 2.35. The largest absolute Gasteiger partial charge is 0.315 e. The first-order valence-corrected chi connectivity index (χ1v) is 4.58. The van der Waals surface area contributed by atoms with Gasteiger partial charge in [-0.05, 0) is 25.9 Å². The molecular weight excluding hydrogens is 138 g/mol. The van der Waals surface area contributed by atoms with E-state index < -0.39 is 0 Å². The van der Waals surface area contributed by atoms with Crippen molar-refractivity contribution in [3.63, 3.8) is 0 Å². The molecule has 0 amide bonds. The Kier molecular flexibility index (Phi) is 2.11. The fourth-order valence-electron chi connectivity index (χ4n) is 1.89. The van der Waals surface area contributed by atoms with Crippen LogP contribution in [0.4, 0.5) is 0 Å². The van der Waals surface area contributed by atoms with Gasteiger partial charge in [-0.25, -0.2) is 0 Å². The van der Waals surface area contributed by atoms with Gasteiger partial charge in [0.25, 0.3) is 0 Å². The molecule has 2 saturated heterocycles. The van der Waals surface area contributed by atoms with Crippen molar-refractivity contribution in [2.24, 2.45) is 0 Å². The molecule has 0 aromatic carbocycles. The lowest BCUT2D eigenvalue weighted by Gasteiger charge is -2.44. The zero-order chi connectivity index (χ0) is 7.57. The first-order chi connectivity index (χ1) is 5.41. The summed E-state index contributed by atoms with van der Waals surface area (Å²) in [6.07, 6.45) is 2.63. The highest BCUT2D eigenvalue weighted by molar-refractivity contribution is 4.99. The van der Waals surface area contributed by atoms with Crippen LogP contribution >= 0.6 is 0 Å². The molecule has 2 rings (SSSR count). The summed E-state index contributed by atoms with van der Waals surface area (Å²) in [5.74, 6) is 0. The Labute approximate surface area is 67.9 Å². The molecule has 1 atom stereocenters. The van der Waals surface area contributed by atoms with Gasteiger partial charge in [0, 0.05) is 25.2 Å². The summed E-state index contributed by atoms with van der Waals surface area (Å²) in [6.45, 7) is 5.78. The number of hydrogen-bond acceptors (Lipinski definition) is 3. The molecule has 3 heteroatoms. The van der Waals surface area contributed by atoms with Crippen LogP contribution in [0.1, 0.15) is 12.8 Å². The van der Waals surface area contributed by atoms with Gasteiger partial charge in [-0.15, -0.1) is 0 Å². The van der Waals surface area contributed by atoms with Gasteiger partial charge in [0.15, 0.2) is 0 Å². The number of nitrogens with one attached hydrogen (secondary N) is 3. The SMILES string of the molecule is C1CNCC2(CCN1)CCN2. The third kappa shape index (κ3) is 1.55. The second-order valence-electron chi connectivity index (χ2n) is 3.63. The van der Waals surface area contributed by atoms with Crippen LogP contribution in [0.2, 0.25) is 0 Å². The van der Waals surface area contributed by atoms with E-state index in [1.54, 1.807) is 0 Å². The second-order valence-corrected chi connectivity index (χ2v) is 3.63. The lowest BCUT2D eigenvalue weighted by molar-refractivity contribution is 0.177. The van der Waals surface area contributed by atoms with E-state index in [9.17, 15) is 0 Å². The third-order valence-corrected chi connectivity index (χ3v) is 2.83. The summed E-state index contributed by atoms with van der Waals surface area (Å²) in [5.41, 5.74) is 0.452. The van der Waals surface area contributed by atoms with Crippen molar-refractivity contribution < 1.29 is 0 Å². The highest BCUT2D eigenvalue weighted by Crippen LogP contribution is 2.21. The van der Waals surface area contributed by atoms with Crippen LogP contribution in [0.5, 0.6) is 0 Å². The lowest BCUT2D eigenvalue weighted by Crippen LogP contribution is -2.64. The summed E-state index contributed by atoms with van der Waals surface area (Å²) in [6, 6.07) is 0. The molecule has 11 heavy (non-hydrogen) atoms. The van der Waals surface area contributed by atoms with Crippen molar-refractivity contribution in [1.29, 1.82) is 0 Å². The van der Waals surface area contributed by atoms with Crippen LogP contribution in [-0.4, -0.2) is 38.3 Å². The number of rotatable bonds is 0. The van der Waals surface area contributed by atoms with Gasteiger partial charge in [-0.3, -0.25) is 0 Å². The van der Waals surface area contributed by atoms with Crippen LogP contribution in [0.15, 0.2) is 0 Å². The molecule has 0 bridgehead atoms. The van der Waals surface area contributed by atoms with Crippen LogP contribution in [-0.2, 0) is 0 Å². The van der Waals surface area contributed by atoms with Gasteiger partial charge in [0.1, 0.15) is 0 Å². The maximum Gasteiger partial charge on any atom is 0.0330 e. The Morgan fingerprint density at radius 1 is 0.818 bits per heavy atom. The van der Waals surface area contributed by atoms with E-state index in [4.69, 9.17) is 0 Å². The fraction of sp³-hybridized carbons (Fsp3) is 1.00. The Morgan fingerprint density at radius 3 is 2.36 bits per heavy atom. The molecule has 0 saturated carbocycles. The Morgan fingerprint density at radius 2 is 1.64 bits per heavy atom. The molecule has 2 aliphatic rings. The summed E-state index contributed by atoms with van der Waals surface area (Å²) in [4.78, 5) is 0. The van der Waals surface area contributed by atoms with E-state index in [0.29, 0.717) is 5.54 Å². The normalized spacial score (nSPS) is 39.3. The van der Waals surface area contributed by atoms with E-state index in [1.807, 2.05) is 0 Å². The standard InChI is InChI=1S/C8H17N3/c1-3-9-5-6-10-7-8(1)2-4-11-8/h9-11H,1-7H2. The minimum atomic E-state index is 0.452. The van der Waals surface area contributed by atoms with Crippen LogP contribution < -0.4 is 16.0 Å². The molecule has 0 aromatic heterocycles. The first kappa shape index (κ1) is 7.53. The molecule has 0 radical (unpaired) electrons. The van der Waals surface area contributed by atoms with Gasteiger partial charge in [0.2, 0.25) is 0 Å². The molecule has 0 aliphatic carbocycles. The van der Waals surface area contributed by atoms with Crippen molar-refractivity contribution in [1.82, 2.24) is 16.0 Å². The van der Waals surface area contributed by atoms with E-state index in [-0.39, 0.29) is 0 Å². The maximum absolute atomic E-state index is 3.53. The summed E-state index contributed by atoms with van der Waals surface area (Å²) >= 11 is 0. The second kappa shape index (κ2) is 3.09. The van der Waals surface area contributed by atoms with Crippen molar-refractivity contribution in [3.8, 4) is 0 Å². The van der Waals surface area contributed by atoms with E-state index in [0.717, 1.165) is 19.6 Å². The van der Waals surface area contributed by atoms with E-state index in [1.165, 1.54) is 25.9 Å². The zero-order valence-electron chi connectivity index (χ0n) is 6.95. The van der Waals surface area contributed by atoms with Gasteiger partial charge in [-0.2, -0.15) is 0 Å². The third-order valence-electron chi connectivity index (χ3n) is 2.83. The van der Waals surface area contributed by atoms with Gasteiger partial charge >= 0.3 is 0 Å². The molecule has 0 aromatic rings. The minimum absolute atomic E-state index is 0.452. The predicted octanol–water partition coefficient (Wildman–Crippen LogP) is -0.699. The summed E-state index contributed by atoms with van der Waals surface area (Å²) in [5, 5.41) is 10.4. The van der Waals surface area contributed by atoms with Gasteiger partial charge in [-0.1, -0.05) is 0 Å². The van der Waals surface area contributed by atoms with Crippen molar-refractivity contribution in [2.45, 2.75) is 18.4 Å². The fourth-order valence-corrected chi connectivity index (χ4v) is 1.89. The van der Waals surface area contributed by atoms with Crippen molar-refractivity contribution in [3.05, 3.63) is 0 Å². The molecule has 1 unspecified atom stereocenters. The molecule has 64 valence electrons. The first-order valence-electron chi connectivity index (χ1n) is 4.58.